The minimum Gasteiger partial charge on any atom is -0.192 e. The smallest absolute Gasteiger partial charge is 0.0991 e. The topological polar surface area (TPSA) is 23.8 Å². The number of hydrogen-bond acceptors (Lipinski definition) is 1. The molecule has 1 nitrogen and oxygen atoms in total. The molecule has 0 radical (unpaired) electrons. The molecule has 1 heteroatoms. The monoisotopic (exact) mass is 235 g/mol. The number of hydrogen-bond donors (Lipinski definition) is 0. The van der Waals surface area contributed by atoms with Crippen LogP contribution in [0, 0.1) is 18.3 Å². The highest BCUT2D eigenvalue weighted by molar-refractivity contribution is 5.65. The van der Waals surface area contributed by atoms with Gasteiger partial charge in [-0.15, -0.1) is 0 Å². The van der Waals surface area contributed by atoms with E-state index in [1.165, 1.54) is 28.7 Å². The van der Waals surface area contributed by atoms with Crippen LogP contribution in [0.4, 0.5) is 0 Å². The second-order valence-corrected chi connectivity index (χ2v) is 4.58. The van der Waals surface area contributed by atoms with Crippen molar-refractivity contribution in [3.05, 3.63) is 59.2 Å². The third kappa shape index (κ3) is 2.60. The first-order valence-corrected chi connectivity index (χ1v) is 6.34. The van der Waals surface area contributed by atoms with Gasteiger partial charge in [0, 0.05) is 0 Å². The largest absolute Gasteiger partial charge is 0.192 e. The molecule has 90 valence electrons. The van der Waals surface area contributed by atoms with E-state index in [4.69, 9.17) is 5.26 Å². The summed E-state index contributed by atoms with van der Waals surface area (Å²) in [5.41, 5.74) is 5.86. The molecule has 0 spiro atoms. The van der Waals surface area contributed by atoms with Crippen molar-refractivity contribution in [3.63, 3.8) is 0 Å². The maximum atomic E-state index is 8.79. The van der Waals surface area contributed by atoms with Gasteiger partial charge in [-0.05, 0) is 47.7 Å². The van der Waals surface area contributed by atoms with E-state index in [0.717, 1.165) is 6.42 Å². The summed E-state index contributed by atoms with van der Waals surface area (Å²) in [6, 6.07) is 16.5. The molecule has 0 fully saturated rings. The average Bonchev–Trinajstić information content (AvgIpc) is 2.41. The van der Waals surface area contributed by atoms with Crippen LogP contribution in [0.3, 0.4) is 0 Å². The molecule has 0 aliphatic rings. The van der Waals surface area contributed by atoms with Crippen LogP contribution in [-0.4, -0.2) is 0 Å². The molecule has 0 saturated heterocycles. The number of nitriles is 1. The summed E-state index contributed by atoms with van der Waals surface area (Å²) in [6.45, 7) is 4.37. The minimum absolute atomic E-state index is 0.707. The van der Waals surface area contributed by atoms with Gasteiger partial charge in [0.05, 0.1) is 11.6 Å². The van der Waals surface area contributed by atoms with Crippen molar-refractivity contribution < 1.29 is 0 Å². The molecule has 0 aromatic heterocycles. The van der Waals surface area contributed by atoms with Gasteiger partial charge in [0.2, 0.25) is 0 Å². The van der Waals surface area contributed by atoms with Crippen LogP contribution >= 0.6 is 0 Å². The summed E-state index contributed by atoms with van der Waals surface area (Å²) in [5, 5.41) is 8.79. The summed E-state index contributed by atoms with van der Waals surface area (Å²) in [5.74, 6) is 0. The minimum atomic E-state index is 0.707. The molecule has 0 aliphatic heterocycles. The molecular weight excluding hydrogens is 218 g/mol. The highest BCUT2D eigenvalue weighted by Crippen LogP contribution is 2.23. The second-order valence-electron chi connectivity index (χ2n) is 4.58. The Hall–Kier alpha value is -2.07. The molecule has 2 aromatic carbocycles. The van der Waals surface area contributed by atoms with Crippen molar-refractivity contribution in [2.75, 3.05) is 0 Å². The number of rotatable bonds is 3. The number of benzene rings is 2. The van der Waals surface area contributed by atoms with Crippen molar-refractivity contribution in [2.45, 2.75) is 26.7 Å². The van der Waals surface area contributed by atoms with Gasteiger partial charge in [-0.2, -0.15) is 5.26 Å². The first-order chi connectivity index (χ1) is 8.74. The lowest BCUT2D eigenvalue weighted by Crippen LogP contribution is -1.89. The van der Waals surface area contributed by atoms with E-state index in [1.54, 1.807) is 0 Å². The third-order valence-corrected chi connectivity index (χ3v) is 3.21. The Bertz CT molecular complexity index is 574. The van der Waals surface area contributed by atoms with Crippen molar-refractivity contribution >= 4 is 0 Å². The van der Waals surface area contributed by atoms with E-state index >= 15 is 0 Å². The number of nitrogens with zero attached hydrogens (tertiary/aromatic N) is 1. The van der Waals surface area contributed by atoms with Crippen LogP contribution < -0.4 is 0 Å². The van der Waals surface area contributed by atoms with Crippen LogP contribution in [0.5, 0.6) is 0 Å². The van der Waals surface area contributed by atoms with Gasteiger partial charge in [0.1, 0.15) is 0 Å². The lowest BCUT2D eigenvalue weighted by Gasteiger charge is -2.08. The predicted octanol–water partition coefficient (Wildman–Crippen LogP) is 4.49. The lowest BCUT2D eigenvalue weighted by atomic mass is 9.97. The summed E-state index contributed by atoms with van der Waals surface area (Å²) in [6.07, 6.45) is 2.32. The SMILES string of the molecule is CCCc1ccc(-c2ccc(C#N)cc2)cc1C. The van der Waals surface area contributed by atoms with Crippen molar-refractivity contribution in [1.29, 1.82) is 5.26 Å². The Kier molecular flexibility index (Phi) is 3.79. The van der Waals surface area contributed by atoms with Gasteiger partial charge in [0.25, 0.3) is 0 Å². The van der Waals surface area contributed by atoms with Crippen LogP contribution in [0.2, 0.25) is 0 Å². The fraction of sp³-hybridized carbons (Fsp3) is 0.235. The van der Waals surface area contributed by atoms with E-state index in [-0.39, 0.29) is 0 Å². The van der Waals surface area contributed by atoms with Gasteiger partial charge in [-0.1, -0.05) is 43.7 Å². The summed E-state index contributed by atoms with van der Waals surface area (Å²) >= 11 is 0. The van der Waals surface area contributed by atoms with Crippen molar-refractivity contribution in [3.8, 4) is 17.2 Å². The van der Waals surface area contributed by atoms with Gasteiger partial charge < -0.3 is 0 Å². The van der Waals surface area contributed by atoms with Gasteiger partial charge in [-0.25, -0.2) is 0 Å². The molecular formula is C17H17N. The normalized spacial score (nSPS) is 10.1. The maximum absolute atomic E-state index is 8.79. The lowest BCUT2D eigenvalue weighted by molar-refractivity contribution is 0.913. The molecule has 0 unspecified atom stereocenters. The van der Waals surface area contributed by atoms with E-state index in [1.807, 2.05) is 24.3 Å². The molecule has 0 N–H and O–H groups in total. The molecule has 0 heterocycles. The summed E-state index contributed by atoms with van der Waals surface area (Å²) in [4.78, 5) is 0. The zero-order valence-corrected chi connectivity index (χ0v) is 10.9. The molecule has 0 saturated carbocycles. The first kappa shape index (κ1) is 12.4. The third-order valence-electron chi connectivity index (χ3n) is 3.21. The highest BCUT2D eigenvalue weighted by atomic mass is 14.2. The van der Waals surface area contributed by atoms with E-state index in [9.17, 15) is 0 Å². The Labute approximate surface area is 109 Å². The Morgan fingerprint density at radius 1 is 1.00 bits per heavy atom. The highest BCUT2D eigenvalue weighted by Gasteiger charge is 2.02. The fourth-order valence-corrected chi connectivity index (χ4v) is 2.16. The zero-order chi connectivity index (χ0) is 13.0. The summed E-state index contributed by atoms with van der Waals surface area (Å²) in [7, 11) is 0. The molecule has 0 amide bonds. The standard InChI is InChI=1S/C17H17N/c1-3-4-15-9-10-17(11-13(15)2)16-7-5-14(12-18)6-8-16/h5-11H,3-4H2,1-2H3. The molecule has 0 atom stereocenters. The predicted molar refractivity (Wildman–Crippen MR) is 75.3 cm³/mol. The van der Waals surface area contributed by atoms with Crippen LogP contribution in [0.1, 0.15) is 30.0 Å². The summed E-state index contributed by atoms with van der Waals surface area (Å²) < 4.78 is 0. The molecule has 2 aromatic rings. The fourth-order valence-electron chi connectivity index (χ4n) is 2.16. The Balaban J connectivity index is 2.33. The Morgan fingerprint density at radius 3 is 2.22 bits per heavy atom. The van der Waals surface area contributed by atoms with E-state index in [0.29, 0.717) is 5.56 Å². The van der Waals surface area contributed by atoms with Crippen molar-refractivity contribution in [2.24, 2.45) is 0 Å². The maximum Gasteiger partial charge on any atom is 0.0991 e. The van der Waals surface area contributed by atoms with Crippen LogP contribution in [0.15, 0.2) is 42.5 Å². The quantitative estimate of drug-likeness (QED) is 0.769. The average molecular weight is 235 g/mol. The van der Waals surface area contributed by atoms with Gasteiger partial charge in [-0.3, -0.25) is 0 Å². The second kappa shape index (κ2) is 5.51. The van der Waals surface area contributed by atoms with Crippen LogP contribution in [-0.2, 0) is 6.42 Å². The first-order valence-electron chi connectivity index (χ1n) is 6.34. The van der Waals surface area contributed by atoms with Crippen molar-refractivity contribution in [1.82, 2.24) is 0 Å². The molecule has 0 aliphatic carbocycles. The number of aryl methyl sites for hydroxylation is 2. The molecule has 2 rings (SSSR count). The van der Waals surface area contributed by atoms with Gasteiger partial charge >= 0.3 is 0 Å². The van der Waals surface area contributed by atoms with E-state index in [2.05, 4.69) is 38.1 Å². The van der Waals surface area contributed by atoms with Gasteiger partial charge in [0.15, 0.2) is 0 Å². The Morgan fingerprint density at radius 2 is 1.67 bits per heavy atom. The molecule has 0 bridgehead atoms. The molecule has 18 heavy (non-hydrogen) atoms. The van der Waals surface area contributed by atoms with Crippen LogP contribution in [0.25, 0.3) is 11.1 Å². The van der Waals surface area contributed by atoms with E-state index < -0.39 is 0 Å². The zero-order valence-electron chi connectivity index (χ0n) is 10.9.